The molecule has 0 aromatic carbocycles. The second-order valence-electron chi connectivity index (χ2n) is 5.82. The largest absolute Gasteiger partial charge is 0.363 e. The van der Waals surface area contributed by atoms with E-state index in [2.05, 4.69) is 46.0 Å². The summed E-state index contributed by atoms with van der Waals surface area (Å²) in [5, 5.41) is 4.33. The molecule has 0 fully saturated rings. The third-order valence-electron chi connectivity index (χ3n) is 2.98. The molecule has 0 saturated carbocycles. The van der Waals surface area contributed by atoms with Gasteiger partial charge in [-0.1, -0.05) is 20.8 Å². The number of rotatable bonds is 3. The van der Waals surface area contributed by atoms with E-state index in [1.165, 1.54) is 0 Å². The summed E-state index contributed by atoms with van der Waals surface area (Å²) < 4.78 is 1.15. The van der Waals surface area contributed by atoms with Crippen LogP contribution in [0.4, 0.5) is 5.82 Å². The minimum absolute atomic E-state index is 0.0563. The Labute approximate surface area is 127 Å². The highest BCUT2D eigenvalue weighted by Gasteiger charge is 2.17. The lowest BCUT2D eigenvalue weighted by atomic mass is 9.96. The van der Waals surface area contributed by atoms with Gasteiger partial charge in [-0.25, -0.2) is 15.0 Å². The zero-order chi connectivity index (χ0) is 14.9. The molecule has 5 nitrogen and oxygen atoms in total. The zero-order valence-electron chi connectivity index (χ0n) is 12.3. The molecule has 0 atom stereocenters. The summed E-state index contributed by atoms with van der Waals surface area (Å²) in [6.45, 7) is 6.96. The summed E-state index contributed by atoms with van der Waals surface area (Å²) in [4.78, 5) is 17.5. The van der Waals surface area contributed by atoms with Crippen LogP contribution in [0, 0.1) is 0 Å². The molecule has 3 aromatic heterocycles. The lowest BCUT2D eigenvalue weighted by molar-refractivity contribution is 0.546. The second-order valence-corrected chi connectivity index (χ2v) is 6.94. The second kappa shape index (κ2) is 5.37. The smallest absolute Gasteiger partial charge is 0.135 e. The van der Waals surface area contributed by atoms with Crippen LogP contribution < -0.4 is 5.32 Å². The first-order valence-corrected chi connectivity index (χ1v) is 7.61. The molecule has 0 aliphatic rings. The zero-order valence-corrected chi connectivity index (χ0v) is 13.1. The third kappa shape index (κ3) is 3.16. The molecule has 108 valence electrons. The van der Waals surface area contributed by atoms with E-state index in [-0.39, 0.29) is 5.41 Å². The topological polar surface area (TPSA) is 63.6 Å². The quantitative estimate of drug-likeness (QED) is 0.803. The Balaban J connectivity index is 1.75. The van der Waals surface area contributed by atoms with Crippen LogP contribution in [0.25, 0.3) is 10.2 Å². The molecule has 0 bridgehead atoms. The number of nitrogens with zero attached hydrogens (tertiary/aromatic N) is 4. The summed E-state index contributed by atoms with van der Waals surface area (Å²) in [5.41, 5.74) is 0.886. The van der Waals surface area contributed by atoms with E-state index in [9.17, 15) is 0 Å². The van der Waals surface area contributed by atoms with Crippen LogP contribution in [0.3, 0.4) is 0 Å². The van der Waals surface area contributed by atoms with Gasteiger partial charge in [-0.15, -0.1) is 11.3 Å². The Hall–Kier alpha value is -2.08. The highest BCUT2D eigenvalue weighted by atomic mass is 32.1. The van der Waals surface area contributed by atoms with Gasteiger partial charge in [0.1, 0.15) is 16.6 Å². The molecule has 0 spiro atoms. The monoisotopic (exact) mass is 299 g/mol. The standard InChI is InChI=1S/C15H17N5S/c1-15(2,3)14-17-7-5-12(20-14)18-9-13-19-10-8-16-6-4-11(10)21-13/h4-8H,9H2,1-3H3,(H,17,18,20). The molecule has 0 amide bonds. The van der Waals surface area contributed by atoms with E-state index in [0.29, 0.717) is 6.54 Å². The van der Waals surface area contributed by atoms with Crippen molar-refractivity contribution in [1.29, 1.82) is 0 Å². The molecular formula is C15H17N5S. The van der Waals surface area contributed by atoms with Crippen LogP contribution in [0.1, 0.15) is 31.6 Å². The van der Waals surface area contributed by atoms with E-state index in [4.69, 9.17) is 0 Å². The van der Waals surface area contributed by atoms with Gasteiger partial charge < -0.3 is 5.32 Å². The third-order valence-corrected chi connectivity index (χ3v) is 4.02. The summed E-state index contributed by atoms with van der Waals surface area (Å²) in [6.07, 6.45) is 5.37. The van der Waals surface area contributed by atoms with E-state index in [1.807, 2.05) is 12.1 Å². The average molecular weight is 299 g/mol. The SMILES string of the molecule is CC(C)(C)c1nccc(NCc2nc3cnccc3s2)n1. The minimum Gasteiger partial charge on any atom is -0.363 e. The lowest BCUT2D eigenvalue weighted by Crippen LogP contribution is -2.16. The molecule has 21 heavy (non-hydrogen) atoms. The molecule has 0 aliphatic carbocycles. The van der Waals surface area contributed by atoms with Crippen LogP contribution in [0.2, 0.25) is 0 Å². The van der Waals surface area contributed by atoms with Gasteiger partial charge in [0, 0.05) is 17.8 Å². The Bertz CT molecular complexity index is 727. The molecule has 3 rings (SSSR count). The maximum absolute atomic E-state index is 4.56. The first kappa shape index (κ1) is 13.9. The van der Waals surface area contributed by atoms with Crippen LogP contribution in [-0.2, 0) is 12.0 Å². The number of thiazole rings is 1. The van der Waals surface area contributed by atoms with Crippen LogP contribution in [0.15, 0.2) is 30.7 Å². The van der Waals surface area contributed by atoms with Gasteiger partial charge in [-0.2, -0.15) is 0 Å². The van der Waals surface area contributed by atoms with Gasteiger partial charge in [0.25, 0.3) is 0 Å². The number of anilines is 1. The minimum atomic E-state index is -0.0563. The van der Waals surface area contributed by atoms with Crippen LogP contribution >= 0.6 is 11.3 Å². The number of hydrogen-bond acceptors (Lipinski definition) is 6. The molecule has 0 aliphatic heterocycles. The van der Waals surface area contributed by atoms with Crippen molar-refractivity contribution < 1.29 is 0 Å². The van der Waals surface area contributed by atoms with Gasteiger partial charge in [0.05, 0.1) is 23.0 Å². The lowest BCUT2D eigenvalue weighted by Gasteiger charge is -2.16. The first-order valence-electron chi connectivity index (χ1n) is 6.79. The van der Waals surface area contributed by atoms with Crippen molar-refractivity contribution in [3.63, 3.8) is 0 Å². The normalized spacial score (nSPS) is 11.8. The Morgan fingerprint density at radius 2 is 2.00 bits per heavy atom. The van der Waals surface area contributed by atoms with E-state index < -0.39 is 0 Å². The predicted octanol–water partition coefficient (Wildman–Crippen LogP) is 3.39. The van der Waals surface area contributed by atoms with Crippen LogP contribution in [-0.4, -0.2) is 19.9 Å². The van der Waals surface area contributed by atoms with E-state index in [1.54, 1.807) is 29.9 Å². The highest BCUT2D eigenvalue weighted by molar-refractivity contribution is 7.18. The van der Waals surface area contributed by atoms with E-state index >= 15 is 0 Å². The van der Waals surface area contributed by atoms with Gasteiger partial charge in [0.2, 0.25) is 0 Å². The van der Waals surface area contributed by atoms with Gasteiger partial charge in [0.15, 0.2) is 0 Å². The number of aromatic nitrogens is 4. The molecule has 6 heteroatoms. The van der Waals surface area contributed by atoms with Crippen molar-refractivity contribution in [2.45, 2.75) is 32.7 Å². The summed E-state index contributed by atoms with van der Waals surface area (Å²) in [7, 11) is 0. The van der Waals surface area contributed by atoms with Crippen molar-refractivity contribution in [2.24, 2.45) is 0 Å². The molecule has 1 N–H and O–H groups in total. The summed E-state index contributed by atoms with van der Waals surface area (Å²) in [6, 6.07) is 3.86. The van der Waals surface area contributed by atoms with Gasteiger partial charge in [-0.3, -0.25) is 4.98 Å². The van der Waals surface area contributed by atoms with Gasteiger partial charge >= 0.3 is 0 Å². The fraction of sp³-hybridized carbons (Fsp3) is 0.333. The number of pyridine rings is 1. The fourth-order valence-electron chi connectivity index (χ4n) is 1.89. The van der Waals surface area contributed by atoms with Crippen LogP contribution in [0.5, 0.6) is 0 Å². The highest BCUT2D eigenvalue weighted by Crippen LogP contribution is 2.22. The van der Waals surface area contributed by atoms with Crippen molar-refractivity contribution in [3.05, 3.63) is 41.6 Å². The molecular weight excluding hydrogens is 282 g/mol. The average Bonchev–Trinajstić information content (AvgIpc) is 2.87. The molecule has 0 radical (unpaired) electrons. The number of hydrogen-bond donors (Lipinski definition) is 1. The summed E-state index contributed by atoms with van der Waals surface area (Å²) in [5.74, 6) is 1.66. The predicted molar refractivity (Wildman–Crippen MR) is 85.5 cm³/mol. The Kier molecular flexibility index (Phi) is 3.55. The molecule has 0 unspecified atom stereocenters. The van der Waals surface area contributed by atoms with Crippen molar-refractivity contribution in [2.75, 3.05) is 5.32 Å². The van der Waals surface area contributed by atoms with Crippen molar-refractivity contribution >= 4 is 27.4 Å². The first-order chi connectivity index (χ1) is 10.0. The maximum Gasteiger partial charge on any atom is 0.135 e. The number of fused-ring (bicyclic) bond motifs is 1. The number of nitrogens with one attached hydrogen (secondary N) is 1. The Morgan fingerprint density at radius 1 is 1.14 bits per heavy atom. The molecule has 3 aromatic rings. The molecule has 0 saturated heterocycles. The van der Waals surface area contributed by atoms with Crippen molar-refractivity contribution in [3.8, 4) is 0 Å². The van der Waals surface area contributed by atoms with E-state index in [0.717, 1.165) is 26.9 Å². The Morgan fingerprint density at radius 3 is 2.76 bits per heavy atom. The van der Waals surface area contributed by atoms with Gasteiger partial charge in [-0.05, 0) is 12.1 Å². The molecule has 3 heterocycles. The fourth-order valence-corrected chi connectivity index (χ4v) is 2.76. The summed E-state index contributed by atoms with van der Waals surface area (Å²) >= 11 is 1.67. The maximum atomic E-state index is 4.56. The van der Waals surface area contributed by atoms with Crippen molar-refractivity contribution in [1.82, 2.24) is 19.9 Å².